The molecule has 2 fully saturated rings. The van der Waals surface area contributed by atoms with Gasteiger partial charge in [-0.25, -0.2) is 4.79 Å². The highest BCUT2D eigenvalue weighted by molar-refractivity contribution is 5.90. The van der Waals surface area contributed by atoms with E-state index in [1.165, 1.54) is 6.42 Å². The average Bonchev–Trinajstić information content (AvgIpc) is 3.12. The number of urea groups is 1. The highest BCUT2D eigenvalue weighted by atomic mass is 16.5. The third-order valence-electron chi connectivity index (χ3n) is 6.55. The SMILES string of the molecule is NC(=O)C1(NC(=O)N[C@H]2CC3(CCCCC3)Oc3ccccc32)CCCC1. The Labute approximate surface area is 160 Å². The molecule has 2 aliphatic carbocycles. The summed E-state index contributed by atoms with van der Waals surface area (Å²) in [5, 5.41) is 6.01. The van der Waals surface area contributed by atoms with E-state index >= 15 is 0 Å². The van der Waals surface area contributed by atoms with Crippen molar-refractivity contribution in [1.29, 1.82) is 0 Å². The molecule has 0 unspecified atom stereocenters. The number of rotatable bonds is 3. The maximum Gasteiger partial charge on any atom is 0.316 e. The topological polar surface area (TPSA) is 93.5 Å². The maximum absolute atomic E-state index is 12.8. The summed E-state index contributed by atoms with van der Waals surface area (Å²) in [6.45, 7) is 0. The molecular formula is C21H29N3O3. The minimum absolute atomic E-state index is 0.126. The molecule has 27 heavy (non-hydrogen) atoms. The fourth-order valence-corrected chi connectivity index (χ4v) is 5.07. The number of hydrogen-bond donors (Lipinski definition) is 3. The van der Waals surface area contributed by atoms with Crippen molar-refractivity contribution in [3.8, 4) is 5.75 Å². The second kappa shape index (κ2) is 7.06. The van der Waals surface area contributed by atoms with Gasteiger partial charge in [0.15, 0.2) is 0 Å². The Kier molecular flexibility index (Phi) is 4.74. The molecule has 3 amide bonds. The molecule has 1 heterocycles. The van der Waals surface area contributed by atoms with Gasteiger partial charge in [-0.3, -0.25) is 4.79 Å². The van der Waals surface area contributed by atoms with Gasteiger partial charge in [0.25, 0.3) is 0 Å². The van der Waals surface area contributed by atoms with Gasteiger partial charge in [-0.15, -0.1) is 0 Å². The molecule has 0 saturated heterocycles. The van der Waals surface area contributed by atoms with Crippen LogP contribution in [0.3, 0.4) is 0 Å². The molecule has 0 bridgehead atoms. The van der Waals surface area contributed by atoms with Crippen LogP contribution >= 0.6 is 0 Å². The van der Waals surface area contributed by atoms with Gasteiger partial charge in [0, 0.05) is 12.0 Å². The van der Waals surface area contributed by atoms with E-state index in [2.05, 4.69) is 10.6 Å². The van der Waals surface area contributed by atoms with E-state index in [1.54, 1.807) is 0 Å². The quantitative estimate of drug-likeness (QED) is 0.761. The lowest BCUT2D eigenvalue weighted by Gasteiger charge is -2.44. The van der Waals surface area contributed by atoms with Crippen molar-refractivity contribution < 1.29 is 14.3 Å². The number of ether oxygens (including phenoxy) is 1. The van der Waals surface area contributed by atoms with E-state index in [1.807, 2.05) is 24.3 Å². The Morgan fingerprint density at radius 1 is 1.00 bits per heavy atom. The van der Waals surface area contributed by atoms with Crippen LogP contribution in [0.2, 0.25) is 0 Å². The minimum atomic E-state index is -0.905. The van der Waals surface area contributed by atoms with Crippen LogP contribution in [0, 0.1) is 0 Å². The van der Waals surface area contributed by atoms with E-state index in [0.29, 0.717) is 12.8 Å². The van der Waals surface area contributed by atoms with Crippen LogP contribution in [0.1, 0.15) is 75.8 Å². The first-order valence-electron chi connectivity index (χ1n) is 10.2. The van der Waals surface area contributed by atoms with E-state index < -0.39 is 11.4 Å². The summed E-state index contributed by atoms with van der Waals surface area (Å²) in [4.78, 5) is 24.7. The van der Waals surface area contributed by atoms with E-state index in [4.69, 9.17) is 10.5 Å². The van der Waals surface area contributed by atoms with Crippen molar-refractivity contribution in [2.24, 2.45) is 5.73 Å². The summed E-state index contributed by atoms with van der Waals surface area (Å²) >= 11 is 0. The molecule has 1 aromatic rings. The largest absolute Gasteiger partial charge is 0.487 e. The first-order valence-corrected chi connectivity index (χ1v) is 10.2. The van der Waals surface area contributed by atoms with Gasteiger partial charge in [0.1, 0.15) is 16.9 Å². The monoisotopic (exact) mass is 371 g/mol. The number of amides is 3. The molecule has 0 radical (unpaired) electrons. The molecule has 6 nitrogen and oxygen atoms in total. The van der Waals surface area contributed by atoms with E-state index in [-0.39, 0.29) is 17.7 Å². The van der Waals surface area contributed by atoms with Crippen molar-refractivity contribution in [3.05, 3.63) is 29.8 Å². The zero-order valence-electron chi connectivity index (χ0n) is 15.8. The summed E-state index contributed by atoms with van der Waals surface area (Å²) in [5.41, 5.74) is 5.50. The van der Waals surface area contributed by atoms with Crippen molar-refractivity contribution >= 4 is 11.9 Å². The Morgan fingerprint density at radius 3 is 2.37 bits per heavy atom. The van der Waals surface area contributed by atoms with Gasteiger partial charge in [-0.05, 0) is 44.6 Å². The van der Waals surface area contributed by atoms with E-state index in [0.717, 1.165) is 56.3 Å². The zero-order valence-corrected chi connectivity index (χ0v) is 15.8. The number of carbonyl (C=O) groups is 2. The number of primary amides is 1. The number of hydrogen-bond acceptors (Lipinski definition) is 3. The molecule has 6 heteroatoms. The number of nitrogens with two attached hydrogens (primary N) is 1. The predicted octanol–water partition coefficient (Wildman–Crippen LogP) is 3.31. The molecule has 2 saturated carbocycles. The van der Waals surface area contributed by atoms with Crippen LogP contribution < -0.4 is 21.1 Å². The Hall–Kier alpha value is -2.24. The fourth-order valence-electron chi connectivity index (χ4n) is 5.07. The summed E-state index contributed by atoms with van der Waals surface area (Å²) < 4.78 is 6.42. The van der Waals surface area contributed by atoms with Crippen molar-refractivity contribution in [3.63, 3.8) is 0 Å². The number of nitrogens with one attached hydrogen (secondary N) is 2. The van der Waals surface area contributed by atoms with Crippen molar-refractivity contribution in [1.82, 2.24) is 10.6 Å². The molecule has 0 aromatic heterocycles. The second-order valence-electron chi connectivity index (χ2n) is 8.39. The van der Waals surface area contributed by atoms with Gasteiger partial charge < -0.3 is 21.1 Å². The lowest BCUT2D eigenvalue weighted by Crippen LogP contribution is -2.59. The summed E-state index contributed by atoms with van der Waals surface area (Å²) in [6, 6.07) is 7.49. The number of fused-ring (bicyclic) bond motifs is 1. The highest BCUT2D eigenvalue weighted by Gasteiger charge is 2.44. The zero-order chi connectivity index (χ0) is 18.9. The summed E-state index contributed by atoms with van der Waals surface area (Å²) in [6.07, 6.45) is 9.41. The van der Waals surface area contributed by atoms with E-state index in [9.17, 15) is 9.59 Å². The van der Waals surface area contributed by atoms with Crippen LogP contribution in [-0.2, 0) is 4.79 Å². The maximum atomic E-state index is 12.8. The summed E-state index contributed by atoms with van der Waals surface area (Å²) in [7, 11) is 0. The van der Waals surface area contributed by atoms with Crippen molar-refractivity contribution in [2.45, 2.75) is 81.4 Å². The van der Waals surface area contributed by atoms with Crippen LogP contribution in [0.4, 0.5) is 4.79 Å². The van der Waals surface area contributed by atoms with Crippen LogP contribution in [-0.4, -0.2) is 23.1 Å². The molecule has 1 atom stereocenters. The van der Waals surface area contributed by atoms with Gasteiger partial charge in [0.2, 0.25) is 5.91 Å². The lowest BCUT2D eigenvalue weighted by atomic mass is 9.77. The normalized spacial score (nSPS) is 25.3. The smallest absolute Gasteiger partial charge is 0.316 e. The van der Waals surface area contributed by atoms with Crippen LogP contribution in [0.5, 0.6) is 5.75 Å². The third-order valence-corrected chi connectivity index (χ3v) is 6.55. The average molecular weight is 371 g/mol. The number of benzene rings is 1. The predicted molar refractivity (Wildman–Crippen MR) is 102 cm³/mol. The van der Waals surface area contributed by atoms with Gasteiger partial charge in [-0.2, -0.15) is 0 Å². The lowest BCUT2D eigenvalue weighted by molar-refractivity contribution is -0.123. The van der Waals surface area contributed by atoms with Gasteiger partial charge >= 0.3 is 6.03 Å². The molecule has 3 aliphatic rings. The van der Waals surface area contributed by atoms with Gasteiger partial charge in [-0.1, -0.05) is 37.5 Å². The summed E-state index contributed by atoms with van der Waals surface area (Å²) in [5.74, 6) is 0.424. The molecule has 4 N–H and O–H groups in total. The third kappa shape index (κ3) is 3.49. The highest BCUT2D eigenvalue weighted by Crippen LogP contribution is 2.46. The molecule has 146 valence electrons. The molecule has 4 rings (SSSR count). The fraction of sp³-hybridized carbons (Fsp3) is 0.619. The standard InChI is InChI=1S/C21H29N3O3/c22-18(25)21(12-6-7-13-21)24-19(26)23-16-14-20(10-4-1-5-11-20)27-17-9-3-2-8-15(16)17/h2-3,8-9,16H,1,4-7,10-14H2,(H2,22,25)(H2,23,24,26)/t16-/m0/s1. The number of para-hydroxylation sites is 1. The Bertz CT molecular complexity index is 721. The first kappa shape index (κ1) is 18.1. The Balaban J connectivity index is 1.53. The van der Waals surface area contributed by atoms with Crippen LogP contribution in [0.25, 0.3) is 0 Å². The second-order valence-corrected chi connectivity index (χ2v) is 8.39. The number of carbonyl (C=O) groups excluding carboxylic acids is 2. The Morgan fingerprint density at radius 2 is 1.67 bits per heavy atom. The molecular weight excluding hydrogens is 342 g/mol. The molecule has 1 aliphatic heterocycles. The van der Waals surface area contributed by atoms with Gasteiger partial charge in [0.05, 0.1) is 6.04 Å². The van der Waals surface area contributed by atoms with Crippen LogP contribution in [0.15, 0.2) is 24.3 Å². The first-order chi connectivity index (χ1) is 13.0. The molecule has 1 spiro atoms. The molecule has 1 aromatic carbocycles. The van der Waals surface area contributed by atoms with Crippen molar-refractivity contribution in [2.75, 3.05) is 0 Å². The minimum Gasteiger partial charge on any atom is -0.487 e.